The third-order valence-electron chi connectivity index (χ3n) is 3.59. The molecule has 1 aliphatic rings. The molecular weight excluding hydrogens is 265 g/mol. The van der Waals surface area contributed by atoms with Crippen molar-refractivity contribution in [3.05, 3.63) is 69.2 Å². The van der Waals surface area contributed by atoms with Crippen molar-refractivity contribution in [1.82, 2.24) is 0 Å². The molecule has 18 heavy (non-hydrogen) atoms. The van der Waals surface area contributed by atoms with E-state index in [1.165, 1.54) is 11.1 Å². The highest BCUT2D eigenvalue weighted by molar-refractivity contribution is 6.33. The molecule has 1 aliphatic carbocycles. The standard InChI is InChI=1S/C15H13Cl2N/c16-12-5-6-14(17)13(7-12)15(18)8-10-3-1-2-4-11(10)9-15/h1-7H,8-9,18H2. The molecule has 0 radical (unpaired) electrons. The van der Waals surface area contributed by atoms with E-state index in [4.69, 9.17) is 28.9 Å². The molecule has 0 unspecified atom stereocenters. The van der Waals surface area contributed by atoms with E-state index in [1.54, 1.807) is 6.07 Å². The SMILES string of the molecule is NC1(c2cc(Cl)ccc2Cl)Cc2ccccc2C1. The Hall–Kier alpha value is -1.02. The normalized spacial score (nSPS) is 16.6. The maximum atomic E-state index is 6.56. The molecule has 0 saturated carbocycles. The highest BCUT2D eigenvalue weighted by atomic mass is 35.5. The first kappa shape index (κ1) is 12.0. The molecule has 1 nitrogen and oxygen atoms in total. The lowest BCUT2D eigenvalue weighted by Crippen LogP contribution is -2.37. The molecule has 0 amide bonds. The molecule has 0 aliphatic heterocycles. The van der Waals surface area contributed by atoms with Crippen LogP contribution in [0, 0.1) is 0 Å². The van der Waals surface area contributed by atoms with Crippen molar-refractivity contribution in [2.75, 3.05) is 0 Å². The van der Waals surface area contributed by atoms with Crippen LogP contribution in [0.25, 0.3) is 0 Å². The second kappa shape index (κ2) is 4.27. The topological polar surface area (TPSA) is 26.0 Å². The lowest BCUT2D eigenvalue weighted by molar-refractivity contribution is 0.473. The number of fused-ring (bicyclic) bond motifs is 1. The van der Waals surface area contributed by atoms with Gasteiger partial charge in [-0.25, -0.2) is 0 Å². The summed E-state index contributed by atoms with van der Waals surface area (Å²) >= 11 is 12.3. The average Bonchev–Trinajstić information content (AvgIpc) is 2.69. The molecule has 0 aromatic heterocycles. The van der Waals surface area contributed by atoms with Gasteiger partial charge in [0.1, 0.15) is 0 Å². The smallest absolute Gasteiger partial charge is 0.0506 e. The van der Waals surface area contributed by atoms with E-state index >= 15 is 0 Å². The van der Waals surface area contributed by atoms with Gasteiger partial charge in [-0.15, -0.1) is 0 Å². The molecule has 3 rings (SSSR count). The largest absolute Gasteiger partial charge is 0.321 e. The van der Waals surface area contributed by atoms with Gasteiger partial charge in [0.05, 0.1) is 5.54 Å². The van der Waals surface area contributed by atoms with E-state index in [0.717, 1.165) is 18.4 Å². The van der Waals surface area contributed by atoms with Crippen molar-refractivity contribution in [2.24, 2.45) is 5.73 Å². The summed E-state index contributed by atoms with van der Waals surface area (Å²) < 4.78 is 0. The van der Waals surface area contributed by atoms with Crippen LogP contribution < -0.4 is 5.73 Å². The van der Waals surface area contributed by atoms with E-state index in [9.17, 15) is 0 Å². The van der Waals surface area contributed by atoms with E-state index in [1.807, 2.05) is 24.3 Å². The van der Waals surface area contributed by atoms with Gasteiger partial charge in [-0.05, 0) is 47.7 Å². The van der Waals surface area contributed by atoms with Crippen molar-refractivity contribution in [3.8, 4) is 0 Å². The number of hydrogen-bond acceptors (Lipinski definition) is 1. The van der Waals surface area contributed by atoms with Crippen molar-refractivity contribution in [3.63, 3.8) is 0 Å². The van der Waals surface area contributed by atoms with Crippen molar-refractivity contribution >= 4 is 23.2 Å². The van der Waals surface area contributed by atoms with Crippen molar-refractivity contribution < 1.29 is 0 Å². The van der Waals surface area contributed by atoms with Crippen molar-refractivity contribution in [1.29, 1.82) is 0 Å². The van der Waals surface area contributed by atoms with Gasteiger partial charge in [0.2, 0.25) is 0 Å². The van der Waals surface area contributed by atoms with Gasteiger partial charge in [0.25, 0.3) is 0 Å². The fourth-order valence-electron chi connectivity index (χ4n) is 2.71. The monoisotopic (exact) mass is 277 g/mol. The number of halogens is 2. The summed E-state index contributed by atoms with van der Waals surface area (Å²) in [4.78, 5) is 0. The Kier molecular flexibility index (Phi) is 2.86. The third kappa shape index (κ3) is 1.93. The Labute approximate surface area is 117 Å². The lowest BCUT2D eigenvalue weighted by Gasteiger charge is -2.25. The molecule has 0 fully saturated rings. The maximum absolute atomic E-state index is 6.56. The molecule has 2 aromatic carbocycles. The second-order valence-electron chi connectivity index (χ2n) is 4.90. The van der Waals surface area contributed by atoms with Crippen LogP contribution in [0.3, 0.4) is 0 Å². The van der Waals surface area contributed by atoms with Crippen LogP contribution in [0.2, 0.25) is 10.0 Å². The maximum Gasteiger partial charge on any atom is 0.0506 e. The summed E-state index contributed by atoms with van der Waals surface area (Å²) in [5.41, 5.74) is 9.66. The number of hydrogen-bond donors (Lipinski definition) is 1. The first-order chi connectivity index (χ1) is 8.58. The Morgan fingerprint density at radius 3 is 2.17 bits per heavy atom. The predicted octanol–water partition coefficient (Wildman–Crippen LogP) is 3.95. The van der Waals surface area contributed by atoms with Gasteiger partial charge in [-0.3, -0.25) is 0 Å². The van der Waals surface area contributed by atoms with Crippen LogP contribution in [0.1, 0.15) is 16.7 Å². The van der Waals surface area contributed by atoms with Gasteiger partial charge in [-0.1, -0.05) is 47.5 Å². The first-order valence-electron chi connectivity index (χ1n) is 5.90. The Balaban J connectivity index is 2.06. The Morgan fingerprint density at radius 2 is 1.56 bits per heavy atom. The van der Waals surface area contributed by atoms with Crippen LogP contribution in [-0.2, 0) is 18.4 Å². The van der Waals surface area contributed by atoms with Gasteiger partial charge >= 0.3 is 0 Å². The molecule has 2 N–H and O–H groups in total. The van der Waals surface area contributed by atoms with E-state index < -0.39 is 5.54 Å². The molecule has 0 heterocycles. The van der Waals surface area contributed by atoms with Crippen LogP contribution in [0.4, 0.5) is 0 Å². The zero-order chi connectivity index (χ0) is 12.8. The van der Waals surface area contributed by atoms with Crippen LogP contribution in [0.5, 0.6) is 0 Å². The van der Waals surface area contributed by atoms with Gasteiger partial charge in [-0.2, -0.15) is 0 Å². The molecule has 0 bridgehead atoms. The van der Waals surface area contributed by atoms with Crippen LogP contribution in [-0.4, -0.2) is 0 Å². The first-order valence-corrected chi connectivity index (χ1v) is 6.65. The Morgan fingerprint density at radius 1 is 0.944 bits per heavy atom. The number of rotatable bonds is 1. The molecule has 92 valence electrons. The minimum Gasteiger partial charge on any atom is -0.321 e. The minimum absolute atomic E-state index is 0.439. The zero-order valence-corrected chi connectivity index (χ0v) is 11.3. The molecule has 0 atom stereocenters. The quantitative estimate of drug-likeness (QED) is 0.839. The molecule has 2 aromatic rings. The molecular formula is C15H13Cl2N. The highest BCUT2D eigenvalue weighted by Gasteiger charge is 2.36. The summed E-state index contributed by atoms with van der Waals surface area (Å²) in [6, 6.07) is 13.8. The Bertz CT molecular complexity index is 582. The fourth-order valence-corrected chi connectivity index (χ4v) is 3.19. The van der Waals surface area contributed by atoms with Gasteiger partial charge in [0.15, 0.2) is 0 Å². The molecule has 0 saturated heterocycles. The van der Waals surface area contributed by atoms with Gasteiger partial charge < -0.3 is 5.73 Å². The van der Waals surface area contributed by atoms with E-state index in [-0.39, 0.29) is 0 Å². The van der Waals surface area contributed by atoms with E-state index in [0.29, 0.717) is 10.0 Å². The second-order valence-corrected chi connectivity index (χ2v) is 5.75. The van der Waals surface area contributed by atoms with Crippen molar-refractivity contribution in [2.45, 2.75) is 18.4 Å². The average molecular weight is 278 g/mol. The summed E-state index contributed by atoms with van der Waals surface area (Å²) in [6.07, 6.45) is 1.62. The molecule has 0 spiro atoms. The predicted molar refractivity (Wildman–Crippen MR) is 76.2 cm³/mol. The minimum atomic E-state index is -0.439. The van der Waals surface area contributed by atoms with Crippen LogP contribution in [0.15, 0.2) is 42.5 Å². The lowest BCUT2D eigenvalue weighted by atomic mass is 9.88. The fraction of sp³-hybridized carbons (Fsp3) is 0.200. The summed E-state index contributed by atoms with van der Waals surface area (Å²) in [5, 5.41) is 1.37. The zero-order valence-electron chi connectivity index (χ0n) is 9.79. The van der Waals surface area contributed by atoms with Crippen LogP contribution >= 0.6 is 23.2 Å². The number of benzene rings is 2. The number of nitrogens with two attached hydrogens (primary N) is 1. The third-order valence-corrected chi connectivity index (χ3v) is 4.16. The van der Waals surface area contributed by atoms with Gasteiger partial charge in [0, 0.05) is 10.0 Å². The summed E-state index contributed by atoms with van der Waals surface area (Å²) in [7, 11) is 0. The summed E-state index contributed by atoms with van der Waals surface area (Å²) in [5.74, 6) is 0. The molecule has 3 heteroatoms. The highest BCUT2D eigenvalue weighted by Crippen LogP contribution is 2.39. The van der Waals surface area contributed by atoms with E-state index in [2.05, 4.69) is 12.1 Å². The summed E-state index contributed by atoms with van der Waals surface area (Å²) in [6.45, 7) is 0.